The van der Waals surface area contributed by atoms with Gasteiger partial charge in [0.25, 0.3) is 5.91 Å². The number of aliphatic hydroxyl groups is 1. The van der Waals surface area contributed by atoms with Crippen molar-refractivity contribution in [1.82, 2.24) is 15.1 Å². The van der Waals surface area contributed by atoms with Crippen molar-refractivity contribution in [1.29, 1.82) is 0 Å². The third-order valence-corrected chi connectivity index (χ3v) is 9.96. The van der Waals surface area contributed by atoms with E-state index >= 15 is 0 Å². The first kappa shape index (κ1) is 22.3. The van der Waals surface area contributed by atoms with Crippen molar-refractivity contribution < 1.29 is 19.8 Å². The average Bonchev–Trinajstić information content (AvgIpc) is 3.66. The molecular weight excluding hydrogens is 454 g/mol. The van der Waals surface area contributed by atoms with Gasteiger partial charge in [-0.1, -0.05) is 36.4 Å². The summed E-state index contributed by atoms with van der Waals surface area (Å²) in [5, 5.41) is 25.7. The highest BCUT2D eigenvalue weighted by atomic mass is 16.3. The summed E-state index contributed by atoms with van der Waals surface area (Å²) in [5.74, 6) is 0.637. The van der Waals surface area contributed by atoms with Crippen molar-refractivity contribution >= 4 is 11.9 Å². The minimum Gasteiger partial charge on any atom is -0.508 e. The Morgan fingerprint density at radius 1 is 1.03 bits per heavy atom. The molecule has 4 atom stereocenters. The number of phenols is 1. The highest BCUT2D eigenvalue weighted by Crippen LogP contribution is 2.62. The minimum absolute atomic E-state index is 0.0241. The molecule has 2 bridgehead atoms. The van der Waals surface area contributed by atoms with Gasteiger partial charge in [0.1, 0.15) is 11.3 Å². The molecule has 7 rings (SSSR count). The number of aromatic hydroxyl groups is 1. The topological polar surface area (TPSA) is 93.1 Å². The fourth-order valence-corrected chi connectivity index (χ4v) is 7.98. The van der Waals surface area contributed by atoms with Crippen LogP contribution in [0.1, 0.15) is 55.2 Å². The van der Waals surface area contributed by atoms with E-state index in [0.717, 1.165) is 42.1 Å². The van der Waals surface area contributed by atoms with E-state index in [1.54, 1.807) is 11.0 Å². The number of hydrogen-bond acceptors (Lipinski definition) is 5. The minimum atomic E-state index is -1.03. The zero-order valence-electron chi connectivity index (χ0n) is 20.4. The summed E-state index contributed by atoms with van der Waals surface area (Å²) in [6.07, 6.45) is 5.20. The molecule has 3 amide bonds. The number of phenolic OH excluding ortho intramolecular Hbond substituents is 1. The van der Waals surface area contributed by atoms with Gasteiger partial charge in [-0.3, -0.25) is 15.0 Å². The second-order valence-corrected chi connectivity index (χ2v) is 11.8. The van der Waals surface area contributed by atoms with Crippen molar-refractivity contribution in [2.24, 2.45) is 5.92 Å². The molecule has 3 aliphatic carbocycles. The molecule has 2 heterocycles. The number of fused-ring (bicyclic) bond motifs is 1. The van der Waals surface area contributed by atoms with E-state index in [1.807, 2.05) is 42.5 Å². The molecule has 2 aliphatic heterocycles. The summed E-state index contributed by atoms with van der Waals surface area (Å²) in [5.41, 5.74) is 0.314. The van der Waals surface area contributed by atoms with E-state index in [2.05, 4.69) is 10.2 Å². The van der Waals surface area contributed by atoms with Crippen LogP contribution in [-0.2, 0) is 23.2 Å². The van der Waals surface area contributed by atoms with Crippen LogP contribution < -0.4 is 5.32 Å². The number of hydrogen-bond donors (Lipinski definition) is 3. The third-order valence-electron chi connectivity index (χ3n) is 9.96. The molecule has 7 nitrogen and oxygen atoms in total. The molecule has 36 heavy (non-hydrogen) atoms. The number of nitrogens with zero attached hydrogens (tertiary/aromatic N) is 2. The van der Waals surface area contributed by atoms with Crippen LogP contribution >= 0.6 is 0 Å². The zero-order valence-corrected chi connectivity index (χ0v) is 20.4. The lowest BCUT2D eigenvalue weighted by Gasteiger charge is -2.66. The SMILES string of the molecule is O=C1NC(=O)[C@@]2(CC[C@@]3(O)[C@H]4Cc5ccc(O)cc5[C@@]3(CCN4CC3CC3)C2)N1Cc1ccccc1. The molecule has 0 unspecified atom stereocenters. The Morgan fingerprint density at radius 2 is 1.83 bits per heavy atom. The maximum atomic E-state index is 13.6. The van der Waals surface area contributed by atoms with Crippen LogP contribution in [0.2, 0.25) is 0 Å². The number of amides is 3. The van der Waals surface area contributed by atoms with E-state index < -0.39 is 16.6 Å². The van der Waals surface area contributed by atoms with Crippen molar-refractivity contribution in [3.05, 3.63) is 65.2 Å². The lowest BCUT2D eigenvalue weighted by Crippen LogP contribution is -2.76. The molecule has 2 aromatic carbocycles. The third kappa shape index (κ3) is 2.99. The van der Waals surface area contributed by atoms with Crippen LogP contribution in [0.15, 0.2) is 48.5 Å². The van der Waals surface area contributed by atoms with Gasteiger partial charge in [-0.05, 0) is 86.2 Å². The summed E-state index contributed by atoms with van der Waals surface area (Å²) < 4.78 is 0. The number of benzene rings is 2. The van der Waals surface area contributed by atoms with Crippen LogP contribution in [0.25, 0.3) is 0 Å². The van der Waals surface area contributed by atoms with E-state index in [1.165, 1.54) is 12.8 Å². The molecular formula is C29H33N3O4. The molecule has 2 saturated carbocycles. The van der Waals surface area contributed by atoms with Gasteiger partial charge in [0.15, 0.2) is 0 Å². The Bertz CT molecular complexity index is 1250. The molecule has 0 aromatic heterocycles. The van der Waals surface area contributed by atoms with Gasteiger partial charge in [0, 0.05) is 24.5 Å². The normalized spacial score (nSPS) is 35.5. The maximum Gasteiger partial charge on any atom is 0.325 e. The quantitative estimate of drug-likeness (QED) is 0.577. The van der Waals surface area contributed by atoms with Crippen molar-refractivity contribution in [2.75, 3.05) is 13.1 Å². The van der Waals surface area contributed by atoms with Gasteiger partial charge < -0.3 is 15.1 Å². The predicted molar refractivity (Wildman–Crippen MR) is 133 cm³/mol. The standard InChI is InChI=1S/C29H33N3O4/c33-22-9-8-21-14-24-29(36)11-10-28(25(34)30-26(35)32(28)17-19-4-2-1-3-5-19)18-27(29,23(21)15-22)12-13-31(24)16-20-6-7-20/h1-5,8-9,15,20,24,33,36H,6-7,10-14,16-18H2,(H,30,34,35)/t24-,27-,28+,29-/m1/s1. The van der Waals surface area contributed by atoms with Gasteiger partial charge in [0.2, 0.25) is 0 Å². The van der Waals surface area contributed by atoms with Gasteiger partial charge in [0.05, 0.1) is 5.60 Å². The summed E-state index contributed by atoms with van der Waals surface area (Å²) >= 11 is 0. The Balaban J connectivity index is 1.34. The number of piperidine rings is 1. The van der Waals surface area contributed by atoms with Crippen LogP contribution in [0, 0.1) is 5.92 Å². The number of nitrogens with one attached hydrogen (secondary N) is 1. The monoisotopic (exact) mass is 487 g/mol. The number of carbonyl (C=O) groups is 2. The molecule has 3 N–H and O–H groups in total. The Kier molecular flexibility index (Phi) is 4.68. The van der Waals surface area contributed by atoms with Crippen molar-refractivity contribution in [2.45, 2.75) is 74.1 Å². The number of rotatable bonds is 4. The predicted octanol–water partition coefficient (Wildman–Crippen LogP) is 3.08. The van der Waals surface area contributed by atoms with Gasteiger partial charge in [-0.2, -0.15) is 0 Å². The van der Waals surface area contributed by atoms with E-state index in [0.29, 0.717) is 32.2 Å². The number of urea groups is 1. The van der Waals surface area contributed by atoms with E-state index in [-0.39, 0.29) is 23.7 Å². The fourth-order valence-electron chi connectivity index (χ4n) is 7.98. The van der Waals surface area contributed by atoms with E-state index in [4.69, 9.17) is 0 Å². The van der Waals surface area contributed by atoms with Crippen molar-refractivity contribution in [3.8, 4) is 5.75 Å². The number of carbonyl (C=O) groups excluding carboxylic acids is 2. The summed E-state index contributed by atoms with van der Waals surface area (Å²) in [4.78, 5) is 30.9. The average molecular weight is 488 g/mol. The number of imide groups is 1. The molecule has 7 heteroatoms. The first-order valence-corrected chi connectivity index (χ1v) is 13.3. The van der Waals surface area contributed by atoms with Gasteiger partial charge in [-0.25, -0.2) is 4.79 Å². The van der Waals surface area contributed by atoms with E-state index in [9.17, 15) is 19.8 Å². The second kappa shape index (κ2) is 7.56. The molecule has 188 valence electrons. The molecule has 2 aromatic rings. The molecule has 0 radical (unpaired) electrons. The Hall–Kier alpha value is -2.90. The fraction of sp³-hybridized carbons (Fsp3) is 0.517. The number of likely N-dealkylation sites (tertiary alicyclic amines) is 1. The maximum absolute atomic E-state index is 13.6. The van der Waals surface area contributed by atoms with Crippen molar-refractivity contribution in [3.63, 3.8) is 0 Å². The second-order valence-electron chi connectivity index (χ2n) is 11.8. The molecule has 1 spiro atoms. The summed E-state index contributed by atoms with van der Waals surface area (Å²) in [7, 11) is 0. The highest BCUT2D eigenvalue weighted by Gasteiger charge is 2.71. The first-order chi connectivity index (χ1) is 17.3. The van der Waals surface area contributed by atoms with Crippen LogP contribution in [0.5, 0.6) is 5.75 Å². The Morgan fingerprint density at radius 3 is 2.61 bits per heavy atom. The lowest BCUT2D eigenvalue weighted by atomic mass is 9.46. The largest absolute Gasteiger partial charge is 0.508 e. The van der Waals surface area contributed by atoms with Crippen LogP contribution in [0.4, 0.5) is 4.79 Å². The molecule has 4 fully saturated rings. The van der Waals surface area contributed by atoms with Crippen LogP contribution in [-0.4, -0.2) is 62.2 Å². The van der Waals surface area contributed by atoms with Crippen LogP contribution in [0.3, 0.4) is 0 Å². The lowest BCUT2D eigenvalue weighted by molar-refractivity contribution is -0.188. The van der Waals surface area contributed by atoms with Gasteiger partial charge >= 0.3 is 6.03 Å². The molecule has 5 aliphatic rings. The Labute approximate surface area is 211 Å². The smallest absolute Gasteiger partial charge is 0.325 e. The first-order valence-electron chi connectivity index (χ1n) is 13.3. The van der Waals surface area contributed by atoms with Gasteiger partial charge in [-0.15, -0.1) is 0 Å². The highest BCUT2D eigenvalue weighted by molar-refractivity contribution is 6.07. The zero-order chi connectivity index (χ0) is 24.7. The molecule has 2 saturated heterocycles. The summed E-state index contributed by atoms with van der Waals surface area (Å²) in [6.45, 7) is 2.21. The summed E-state index contributed by atoms with van der Waals surface area (Å²) in [6, 6.07) is 14.9.